The summed E-state index contributed by atoms with van der Waals surface area (Å²) in [7, 11) is -3.40. The Balaban J connectivity index is 1.86. The Morgan fingerprint density at radius 2 is 2.12 bits per heavy atom. The molecule has 2 N–H and O–H groups in total. The molecule has 0 bridgehead atoms. The van der Waals surface area contributed by atoms with Gasteiger partial charge in [-0.15, -0.1) is 0 Å². The van der Waals surface area contributed by atoms with Crippen molar-refractivity contribution in [2.45, 2.75) is 37.6 Å². The van der Waals surface area contributed by atoms with Crippen molar-refractivity contribution in [1.82, 2.24) is 14.7 Å². The van der Waals surface area contributed by atoms with Gasteiger partial charge in [-0.1, -0.05) is 19.8 Å². The van der Waals surface area contributed by atoms with Gasteiger partial charge in [0.1, 0.15) is 0 Å². The molecule has 96 valence electrons. The summed E-state index contributed by atoms with van der Waals surface area (Å²) in [6, 6.07) is 0. The standard InChI is InChI=1S/C11H19N3O2S/c1-9-2-4-10(5-3-9)6-14-17(15,16)11-7-12-8-13-11/h7-10,14H,2-6H2,1H3,(H,12,13). The van der Waals surface area contributed by atoms with Crippen molar-refractivity contribution in [3.8, 4) is 0 Å². The number of aromatic amines is 1. The minimum absolute atomic E-state index is 0.140. The van der Waals surface area contributed by atoms with E-state index in [9.17, 15) is 8.42 Å². The zero-order valence-electron chi connectivity index (χ0n) is 10.0. The average molecular weight is 257 g/mol. The van der Waals surface area contributed by atoms with Crippen LogP contribution in [0.5, 0.6) is 0 Å². The molecule has 2 rings (SSSR count). The summed E-state index contributed by atoms with van der Waals surface area (Å²) in [5.41, 5.74) is 0. The first-order valence-corrected chi connectivity index (χ1v) is 7.54. The number of nitrogens with one attached hydrogen (secondary N) is 2. The third-order valence-corrected chi connectivity index (χ3v) is 4.81. The van der Waals surface area contributed by atoms with Crippen LogP contribution in [-0.2, 0) is 10.0 Å². The highest BCUT2D eigenvalue weighted by Gasteiger charge is 2.21. The van der Waals surface area contributed by atoms with E-state index < -0.39 is 10.0 Å². The van der Waals surface area contributed by atoms with Gasteiger partial charge < -0.3 is 4.98 Å². The Labute approximate surface area is 102 Å². The predicted octanol–water partition coefficient (Wildman–Crippen LogP) is 1.51. The molecule has 17 heavy (non-hydrogen) atoms. The minimum atomic E-state index is -3.40. The van der Waals surface area contributed by atoms with E-state index in [0.29, 0.717) is 12.5 Å². The summed E-state index contributed by atoms with van der Waals surface area (Å²) >= 11 is 0. The van der Waals surface area contributed by atoms with Crippen molar-refractivity contribution in [3.63, 3.8) is 0 Å². The van der Waals surface area contributed by atoms with Crippen LogP contribution in [0.3, 0.4) is 0 Å². The van der Waals surface area contributed by atoms with E-state index in [0.717, 1.165) is 18.8 Å². The van der Waals surface area contributed by atoms with Gasteiger partial charge in [0.15, 0.2) is 5.03 Å². The lowest BCUT2D eigenvalue weighted by molar-refractivity contribution is 0.290. The quantitative estimate of drug-likeness (QED) is 0.858. The lowest BCUT2D eigenvalue weighted by Crippen LogP contribution is -2.31. The molecule has 0 aromatic carbocycles. The van der Waals surface area contributed by atoms with Gasteiger partial charge in [-0.25, -0.2) is 18.1 Å². The molecule has 1 aliphatic rings. The van der Waals surface area contributed by atoms with E-state index >= 15 is 0 Å². The molecule has 0 aliphatic heterocycles. The largest absolute Gasteiger partial charge is 0.335 e. The maximum atomic E-state index is 11.8. The molecule has 0 spiro atoms. The van der Waals surface area contributed by atoms with Crippen molar-refractivity contribution >= 4 is 10.0 Å². The second-order valence-corrected chi connectivity index (χ2v) is 6.63. The van der Waals surface area contributed by atoms with E-state index in [4.69, 9.17) is 0 Å². The molecule has 1 aromatic rings. The van der Waals surface area contributed by atoms with E-state index in [1.165, 1.54) is 25.4 Å². The minimum Gasteiger partial charge on any atom is -0.335 e. The molecular formula is C11H19N3O2S. The Kier molecular flexibility index (Phi) is 3.83. The molecular weight excluding hydrogens is 238 g/mol. The molecule has 0 saturated heterocycles. The molecule has 5 nitrogen and oxygen atoms in total. The number of aromatic nitrogens is 2. The van der Waals surface area contributed by atoms with E-state index in [-0.39, 0.29) is 5.03 Å². The normalized spacial score (nSPS) is 25.9. The number of hydrogen-bond donors (Lipinski definition) is 2. The van der Waals surface area contributed by atoms with Crippen molar-refractivity contribution in [2.75, 3.05) is 6.54 Å². The summed E-state index contributed by atoms with van der Waals surface area (Å²) in [6.07, 6.45) is 7.34. The zero-order chi connectivity index (χ0) is 12.3. The molecule has 0 amide bonds. The van der Waals surface area contributed by atoms with Gasteiger partial charge in [-0.3, -0.25) is 0 Å². The number of nitrogens with zero attached hydrogens (tertiary/aromatic N) is 1. The van der Waals surface area contributed by atoms with Gasteiger partial charge >= 0.3 is 0 Å². The van der Waals surface area contributed by atoms with Gasteiger partial charge in [-0.05, 0) is 24.7 Å². The highest BCUT2D eigenvalue weighted by atomic mass is 32.2. The number of sulfonamides is 1. The second kappa shape index (κ2) is 5.18. The van der Waals surface area contributed by atoms with E-state index in [1.807, 2.05) is 0 Å². The number of rotatable bonds is 4. The molecule has 6 heteroatoms. The Hall–Kier alpha value is -0.880. The summed E-state index contributed by atoms with van der Waals surface area (Å²) in [5.74, 6) is 1.26. The van der Waals surface area contributed by atoms with Crippen LogP contribution in [0, 0.1) is 11.8 Å². The van der Waals surface area contributed by atoms with Crippen LogP contribution >= 0.6 is 0 Å². The Morgan fingerprint density at radius 3 is 2.71 bits per heavy atom. The van der Waals surface area contributed by atoms with Gasteiger partial charge in [0.2, 0.25) is 0 Å². The van der Waals surface area contributed by atoms with Crippen molar-refractivity contribution in [1.29, 1.82) is 0 Å². The maximum Gasteiger partial charge on any atom is 0.257 e. The summed E-state index contributed by atoms with van der Waals surface area (Å²) < 4.78 is 26.3. The fourth-order valence-corrected chi connectivity index (χ4v) is 3.25. The number of H-pyrrole nitrogens is 1. The predicted molar refractivity (Wildman–Crippen MR) is 64.9 cm³/mol. The first-order chi connectivity index (χ1) is 8.08. The van der Waals surface area contributed by atoms with Gasteiger partial charge in [-0.2, -0.15) is 0 Å². The van der Waals surface area contributed by atoms with Gasteiger partial charge in [0, 0.05) is 6.54 Å². The lowest BCUT2D eigenvalue weighted by atomic mass is 9.83. The van der Waals surface area contributed by atoms with Crippen LogP contribution < -0.4 is 4.72 Å². The maximum absolute atomic E-state index is 11.8. The number of hydrogen-bond acceptors (Lipinski definition) is 3. The third-order valence-electron chi connectivity index (χ3n) is 3.46. The van der Waals surface area contributed by atoms with Crippen LogP contribution in [0.2, 0.25) is 0 Å². The van der Waals surface area contributed by atoms with Crippen LogP contribution in [0.1, 0.15) is 32.6 Å². The topological polar surface area (TPSA) is 74.8 Å². The third kappa shape index (κ3) is 3.29. The van der Waals surface area contributed by atoms with Crippen LogP contribution in [0.15, 0.2) is 17.6 Å². The highest BCUT2D eigenvalue weighted by Crippen LogP contribution is 2.27. The molecule has 0 unspecified atom stereocenters. The molecule has 1 aliphatic carbocycles. The molecule has 1 saturated carbocycles. The smallest absolute Gasteiger partial charge is 0.257 e. The van der Waals surface area contributed by atoms with Gasteiger partial charge in [0.05, 0.1) is 12.5 Å². The summed E-state index contributed by atoms with van der Waals surface area (Å²) in [5, 5.41) is 0.140. The van der Waals surface area contributed by atoms with E-state index in [2.05, 4.69) is 21.6 Å². The zero-order valence-corrected chi connectivity index (χ0v) is 10.8. The first-order valence-electron chi connectivity index (χ1n) is 6.06. The molecule has 0 radical (unpaired) electrons. The second-order valence-electron chi connectivity index (χ2n) is 4.89. The van der Waals surface area contributed by atoms with Crippen molar-refractivity contribution in [3.05, 3.63) is 12.5 Å². The fraction of sp³-hybridized carbons (Fsp3) is 0.727. The molecule has 0 atom stereocenters. The SMILES string of the molecule is CC1CCC(CNS(=O)(=O)c2cnc[nH]2)CC1. The first kappa shape index (κ1) is 12.6. The number of imidazole rings is 1. The van der Waals surface area contributed by atoms with Gasteiger partial charge in [0.25, 0.3) is 10.0 Å². The summed E-state index contributed by atoms with van der Waals surface area (Å²) in [6.45, 7) is 2.79. The Morgan fingerprint density at radius 1 is 1.41 bits per heavy atom. The van der Waals surface area contributed by atoms with Crippen LogP contribution in [0.4, 0.5) is 0 Å². The van der Waals surface area contributed by atoms with Crippen molar-refractivity contribution < 1.29 is 8.42 Å². The molecule has 1 heterocycles. The van der Waals surface area contributed by atoms with Crippen LogP contribution in [-0.4, -0.2) is 24.9 Å². The average Bonchev–Trinajstić information content (AvgIpc) is 2.82. The van der Waals surface area contributed by atoms with Crippen molar-refractivity contribution in [2.24, 2.45) is 11.8 Å². The molecule has 1 fully saturated rings. The lowest BCUT2D eigenvalue weighted by Gasteiger charge is -2.25. The van der Waals surface area contributed by atoms with E-state index in [1.54, 1.807) is 0 Å². The monoisotopic (exact) mass is 257 g/mol. The Bertz CT molecular complexity index is 433. The van der Waals surface area contributed by atoms with Crippen LogP contribution in [0.25, 0.3) is 0 Å². The highest BCUT2D eigenvalue weighted by molar-refractivity contribution is 7.89. The summed E-state index contributed by atoms with van der Waals surface area (Å²) in [4.78, 5) is 6.33. The molecule has 1 aromatic heterocycles. The fourth-order valence-electron chi connectivity index (χ4n) is 2.23.